The molecule has 1 amide bonds. The topological polar surface area (TPSA) is 96.3 Å². The van der Waals surface area contributed by atoms with Gasteiger partial charge >= 0.3 is 12.1 Å². The number of carboxylic acids is 1. The van der Waals surface area contributed by atoms with Gasteiger partial charge in [0.2, 0.25) is 6.08 Å². The van der Waals surface area contributed by atoms with E-state index in [0.29, 0.717) is 0 Å². The summed E-state index contributed by atoms with van der Waals surface area (Å²) in [6, 6.07) is 0. The van der Waals surface area contributed by atoms with Crippen LogP contribution < -0.4 is 0 Å². The standard InChI is InChI=1S/C10H16N2O5/c1-10(2,3)17-9(16)12(6-8(14)15)5-4-11-7-13/h4-6H2,1-3H3,(H,14,15). The molecular formula is C10H16N2O5. The van der Waals surface area contributed by atoms with Crippen LogP contribution in [0.25, 0.3) is 0 Å². The van der Waals surface area contributed by atoms with Crippen molar-refractivity contribution in [3.8, 4) is 0 Å². The first-order valence-corrected chi connectivity index (χ1v) is 4.99. The number of carboxylic acid groups (broad SMARTS) is 1. The van der Waals surface area contributed by atoms with Gasteiger partial charge in [-0.3, -0.25) is 9.69 Å². The van der Waals surface area contributed by atoms with Gasteiger partial charge in [-0.25, -0.2) is 14.6 Å². The minimum Gasteiger partial charge on any atom is -0.480 e. The summed E-state index contributed by atoms with van der Waals surface area (Å²) in [6.45, 7) is 4.52. The normalized spacial score (nSPS) is 10.3. The summed E-state index contributed by atoms with van der Waals surface area (Å²) in [4.78, 5) is 36.2. The number of ether oxygens (including phenoxy) is 1. The number of hydrogen-bond acceptors (Lipinski definition) is 5. The highest BCUT2D eigenvalue weighted by molar-refractivity contribution is 5.76. The van der Waals surface area contributed by atoms with Gasteiger partial charge in [0.05, 0.1) is 6.54 Å². The van der Waals surface area contributed by atoms with Crippen LogP contribution in [0, 0.1) is 0 Å². The molecule has 0 aliphatic rings. The van der Waals surface area contributed by atoms with Gasteiger partial charge in [-0.2, -0.15) is 0 Å². The summed E-state index contributed by atoms with van der Waals surface area (Å²) < 4.78 is 5.01. The highest BCUT2D eigenvalue weighted by atomic mass is 16.6. The van der Waals surface area contributed by atoms with Crippen molar-refractivity contribution in [2.75, 3.05) is 19.6 Å². The second kappa shape index (κ2) is 6.65. The fourth-order valence-corrected chi connectivity index (χ4v) is 0.941. The van der Waals surface area contributed by atoms with Crippen molar-refractivity contribution >= 4 is 18.1 Å². The van der Waals surface area contributed by atoms with Crippen LogP contribution in [-0.2, 0) is 14.3 Å². The first-order chi connectivity index (χ1) is 7.76. The summed E-state index contributed by atoms with van der Waals surface area (Å²) >= 11 is 0. The fourth-order valence-electron chi connectivity index (χ4n) is 0.941. The van der Waals surface area contributed by atoms with Gasteiger partial charge in [0.1, 0.15) is 12.1 Å². The molecule has 0 saturated heterocycles. The van der Waals surface area contributed by atoms with Crippen LogP contribution in [-0.4, -0.2) is 53.4 Å². The lowest BCUT2D eigenvalue weighted by Crippen LogP contribution is -2.41. The molecule has 0 heterocycles. The van der Waals surface area contributed by atoms with Crippen LogP contribution >= 0.6 is 0 Å². The molecule has 0 radical (unpaired) electrons. The Balaban J connectivity index is 4.49. The molecule has 0 spiro atoms. The zero-order valence-electron chi connectivity index (χ0n) is 10.1. The summed E-state index contributed by atoms with van der Waals surface area (Å²) in [5, 5.41) is 8.63. The minimum absolute atomic E-state index is 0.00352. The van der Waals surface area contributed by atoms with E-state index in [1.165, 1.54) is 6.08 Å². The van der Waals surface area contributed by atoms with Crippen LogP contribution in [0.1, 0.15) is 20.8 Å². The Morgan fingerprint density at radius 3 is 2.41 bits per heavy atom. The first kappa shape index (κ1) is 15.1. The number of hydrogen-bond donors (Lipinski definition) is 1. The predicted octanol–water partition coefficient (Wildman–Crippen LogP) is 0.644. The largest absolute Gasteiger partial charge is 0.480 e. The lowest BCUT2D eigenvalue weighted by atomic mass is 10.2. The molecule has 1 N–H and O–H groups in total. The monoisotopic (exact) mass is 244 g/mol. The molecule has 0 aliphatic heterocycles. The Bertz CT molecular complexity index is 328. The Labute approximate surface area is 99.1 Å². The highest BCUT2D eigenvalue weighted by Crippen LogP contribution is 2.09. The minimum atomic E-state index is -1.16. The maximum Gasteiger partial charge on any atom is 0.410 e. The molecule has 0 atom stereocenters. The predicted molar refractivity (Wildman–Crippen MR) is 58.4 cm³/mol. The Morgan fingerprint density at radius 2 is 2.00 bits per heavy atom. The van der Waals surface area contributed by atoms with E-state index in [-0.39, 0.29) is 13.1 Å². The summed E-state index contributed by atoms with van der Waals surface area (Å²) in [5.41, 5.74) is -0.707. The van der Waals surface area contributed by atoms with Gasteiger partial charge < -0.3 is 9.84 Å². The molecule has 0 saturated carbocycles. The van der Waals surface area contributed by atoms with Crippen molar-refractivity contribution in [3.05, 3.63) is 0 Å². The van der Waals surface area contributed by atoms with E-state index in [1.807, 2.05) is 0 Å². The molecule has 17 heavy (non-hydrogen) atoms. The number of aliphatic carboxylic acids is 1. The molecule has 0 aliphatic carbocycles. The zero-order chi connectivity index (χ0) is 13.5. The van der Waals surface area contributed by atoms with Gasteiger partial charge in [-0.1, -0.05) is 0 Å². The van der Waals surface area contributed by atoms with E-state index in [9.17, 15) is 14.4 Å². The number of carbonyl (C=O) groups excluding carboxylic acids is 2. The summed E-state index contributed by atoms with van der Waals surface area (Å²) in [5.74, 6) is -1.16. The smallest absolute Gasteiger partial charge is 0.410 e. The Hall–Kier alpha value is -1.88. The summed E-state index contributed by atoms with van der Waals surface area (Å²) in [7, 11) is 0. The van der Waals surface area contributed by atoms with Crippen molar-refractivity contribution < 1.29 is 24.2 Å². The van der Waals surface area contributed by atoms with Gasteiger partial charge in [0, 0.05) is 6.54 Å². The maximum atomic E-state index is 11.6. The maximum absolute atomic E-state index is 11.6. The van der Waals surface area contributed by atoms with Crippen LogP contribution in [0.3, 0.4) is 0 Å². The third kappa shape index (κ3) is 7.98. The van der Waals surface area contributed by atoms with Crippen molar-refractivity contribution in [2.24, 2.45) is 4.99 Å². The van der Waals surface area contributed by atoms with E-state index in [2.05, 4.69) is 4.99 Å². The molecule has 0 bridgehead atoms. The lowest BCUT2D eigenvalue weighted by Gasteiger charge is -2.25. The average Bonchev–Trinajstić information content (AvgIpc) is 2.13. The fraction of sp³-hybridized carbons (Fsp3) is 0.700. The van der Waals surface area contributed by atoms with Gasteiger partial charge in [0.25, 0.3) is 0 Å². The zero-order valence-corrected chi connectivity index (χ0v) is 10.1. The van der Waals surface area contributed by atoms with Gasteiger partial charge in [0.15, 0.2) is 0 Å². The van der Waals surface area contributed by atoms with Crippen molar-refractivity contribution in [1.29, 1.82) is 0 Å². The van der Waals surface area contributed by atoms with Crippen LogP contribution in [0.4, 0.5) is 4.79 Å². The average molecular weight is 244 g/mol. The third-order valence-corrected chi connectivity index (χ3v) is 1.52. The second-order valence-electron chi connectivity index (χ2n) is 4.27. The SMILES string of the molecule is CC(C)(C)OC(=O)N(CCN=C=O)CC(=O)O. The second-order valence-corrected chi connectivity index (χ2v) is 4.27. The molecule has 0 fully saturated rings. The van der Waals surface area contributed by atoms with E-state index >= 15 is 0 Å². The van der Waals surface area contributed by atoms with E-state index in [1.54, 1.807) is 20.8 Å². The van der Waals surface area contributed by atoms with Crippen molar-refractivity contribution in [3.63, 3.8) is 0 Å². The van der Waals surface area contributed by atoms with Crippen molar-refractivity contribution in [2.45, 2.75) is 26.4 Å². The number of amides is 1. The van der Waals surface area contributed by atoms with E-state index in [4.69, 9.17) is 9.84 Å². The Kier molecular flexibility index (Phi) is 5.91. The summed E-state index contributed by atoms with van der Waals surface area (Å²) in [6.07, 6.45) is 0.563. The molecule has 0 aromatic rings. The van der Waals surface area contributed by atoms with Crippen LogP contribution in [0.2, 0.25) is 0 Å². The van der Waals surface area contributed by atoms with Crippen molar-refractivity contribution in [1.82, 2.24) is 4.90 Å². The molecule has 0 aromatic carbocycles. The van der Waals surface area contributed by atoms with Gasteiger partial charge in [-0.05, 0) is 20.8 Å². The number of isocyanates is 1. The number of rotatable bonds is 5. The molecule has 96 valence electrons. The Morgan fingerprint density at radius 1 is 1.41 bits per heavy atom. The number of aliphatic imine (C=N–C) groups is 1. The lowest BCUT2D eigenvalue weighted by molar-refractivity contribution is -0.138. The third-order valence-electron chi connectivity index (χ3n) is 1.52. The number of nitrogens with zero attached hydrogens (tertiary/aromatic N) is 2. The molecule has 7 nitrogen and oxygen atoms in total. The molecular weight excluding hydrogens is 228 g/mol. The molecule has 0 unspecified atom stereocenters. The molecule has 0 aromatic heterocycles. The van der Waals surface area contributed by atoms with E-state index in [0.717, 1.165) is 4.90 Å². The molecule has 7 heteroatoms. The molecule has 0 rings (SSSR count). The van der Waals surface area contributed by atoms with Gasteiger partial charge in [-0.15, -0.1) is 0 Å². The highest BCUT2D eigenvalue weighted by Gasteiger charge is 2.23. The quantitative estimate of drug-likeness (QED) is 0.565. The van der Waals surface area contributed by atoms with Crippen LogP contribution in [0.15, 0.2) is 4.99 Å². The number of carbonyl (C=O) groups is 2. The first-order valence-electron chi connectivity index (χ1n) is 4.99. The van der Waals surface area contributed by atoms with Crippen LogP contribution in [0.5, 0.6) is 0 Å². The van der Waals surface area contributed by atoms with E-state index < -0.39 is 24.2 Å².